The van der Waals surface area contributed by atoms with Crippen molar-refractivity contribution in [2.45, 2.75) is 24.8 Å². The first kappa shape index (κ1) is 21.7. The smallest absolute Gasteiger partial charge is 0.316 e. The van der Waals surface area contributed by atoms with Crippen molar-refractivity contribution in [1.82, 2.24) is 24.5 Å². The monoisotopic (exact) mass is 487 g/mol. The van der Waals surface area contributed by atoms with E-state index in [0.717, 1.165) is 58.4 Å². The lowest BCUT2D eigenvalue weighted by Gasteiger charge is -2.39. The molecule has 1 saturated carbocycles. The molecule has 2 N–H and O–H groups in total. The third-order valence-electron chi connectivity index (χ3n) is 7.38. The van der Waals surface area contributed by atoms with E-state index in [2.05, 4.69) is 61.9 Å². The summed E-state index contributed by atoms with van der Waals surface area (Å²) in [6.07, 6.45) is 10.5. The second-order valence-electron chi connectivity index (χ2n) is 9.53. The van der Waals surface area contributed by atoms with Crippen molar-refractivity contribution in [2.75, 3.05) is 12.0 Å². The number of hydrogen-bond donors (Lipinski definition) is 1. The lowest BCUT2D eigenvalue weighted by molar-refractivity contribution is 0.253. The van der Waals surface area contributed by atoms with Gasteiger partial charge in [0.05, 0.1) is 24.2 Å². The highest BCUT2D eigenvalue weighted by atomic mass is 16.5. The van der Waals surface area contributed by atoms with Gasteiger partial charge in [-0.05, 0) is 61.2 Å². The summed E-state index contributed by atoms with van der Waals surface area (Å²) in [5, 5.41) is 0. The Morgan fingerprint density at radius 3 is 2.38 bits per heavy atom. The number of imidazole rings is 1. The van der Waals surface area contributed by atoms with Crippen LogP contribution in [0, 0.1) is 0 Å². The molecule has 37 heavy (non-hydrogen) atoms. The second kappa shape index (κ2) is 8.25. The van der Waals surface area contributed by atoms with Crippen LogP contribution in [0.15, 0.2) is 85.5 Å². The van der Waals surface area contributed by atoms with Crippen molar-refractivity contribution in [1.29, 1.82) is 0 Å². The second-order valence-corrected chi connectivity index (χ2v) is 9.53. The van der Waals surface area contributed by atoms with Crippen LogP contribution in [0.4, 0.5) is 17.2 Å². The number of hydrogen-bond acceptors (Lipinski definition) is 7. The van der Waals surface area contributed by atoms with Gasteiger partial charge >= 0.3 is 6.01 Å². The zero-order chi connectivity index (χ0) is 25.0. The highest BCUT2D eigenvalue weighted by Crippen LogP contribution is 2.47. The topological polar surface area (TPSA) is 95.0 Å². The summed E-state index contributed by atoms with van der Waals surface area (Å²) < 4.78 is 7.21. The van der Waals surface area contributed by atoms with Gasteiger partial charge in [0, 0.05) is 47.1 Å². The van der Waals surface area contributed by atoms with E-state index in [9.17, 15) is 0 Å². The number of fused-ring (bicyclic) bond motifs is 5. The van der Waals surface area contributed by atoms with Crippen molar-refractivity contribution in [3.05, 3.63) is 91.0 Å². The molecule has 0 atom stereocenters. The first-order valence-electron chi connectivity index (χ1n) is 12.3. The molecule has 1 fully saturated rings. The fraction of sp³-hybridized carbons (Fsp3) is 0.172. The molecule has 8 nitrogen and oxygen atoms in total. The minimum Gasteiger partial charge on any atom is -0.467 e. The van der Waals surface area contributed by atoms with Gasteiger partial charge in [0.1, 0.15) is 5.82 Å². The Morgan fingerprint density at radius 1 is 0.892 bits per heavy atom. The number of nitrogens with two attached hydrogens (primary N) is 1. The molecule has 0 saturated heterocycles. The van der Waals surface area contributed by atoms with Gasteiger partial charge in [-0.1, -0.05) is 24.3 Å². The normalized spacial score (nSPS) is 15.1. The van der Waals surface area contributed by atoms with Crippen LogP contribution in [0.1, 0.15) is 24.8 Å². The third kappa shape index (κ3) is 3.41. The highest BCUT2D eigenvalue weighted by molar-refractivity contribution is 5.91. The van der Waals surface area contributed by atoms with Crippen LogP contribution in [0.25, 0.3) is 28.3 Å². The molecule has 0 amide bonds. The van der Waals surface area contributed by atoms with Gasteiger partial charge in [-0.15, -0.1) is 0 Å². The molecule has 7 rings (SSSR count). The van der Waals surface area contributed by atoms with E-state index in [1.54, 1.807) is 19.5 Å². The molecule has 1 aliphatic carbocycles. The zero-order valence-corrected chi connectivity index (χ0v) is 20.4. The lowest BCUT2D eigenvalue weighted by atomic mass is 9.73. The Kier molecular flexibility index (Phi) is 4.84. The number of anilines is 3. The van der Waals surface area contributed by atoms with E-state index < -0.39 is 0 Å². The quantitative estimate of drug-likeness (QED) is 0.350. The maximum atomic E-state index is 6.60. The molecule has 8 heteroatoms. The maximum Gasteiger partial charge on any atom is 0.316 e. The van der Waals surface area contributed by atoms with Crippen molar-refractivity contribution < 1.29 is 4.74 Å². The number of nitrogens with zero attached hydrogens (tertiary/aromatic N) is 6. The molecule has 0 spiro atoms. The van der Waals surface area contributed by atoms with Crippen molar-refractivity contribution in [3.63, 3.8) is 0 Å². The van der Waals surface area contributed by atoms with E-state index in [-0.39, 0.29) is 5.54 Å². The molecule has 0 radical (unpaired) electrons. The fourth-order valence-electron chi connectivity index (χ4n) is 5.22. The molecular formula is C29H25N7O. The summed E-state index contributed by atoms with van der Waals surface area (Å²) in [5.74, 6) is 1.65. The fourth-order valence-corrected chi connectivity index (χ4v) is 5.22. The number of para-hydroxylation sites is 1. The summed E-state index contributed by atoms with van der Waals surface area (Å²) in [6, 6.07) is 21.2. The number of aromatic nitrogens is 5. The first-order chi connectivity index (χ1) is 18.1. The predicted octanol–water partition coefficient (Wildman–Crippen LogP) is 5.52. The summed E-state index contributed by atoms with van der Waals surface area (Å²) in [6.45, 7) is 0. The average molecular weight is 488 g/mol. The van der Waals surface area contributed by atoms with E-state index >= 15 is 0 Å². The van der Waals surface area contributed by atoms with E-state index in [1.165, 1.54) is 12.0 Å². The number of ether oxygens (including phenoxy) is 1. The van der Waals surface area contributed by atoms with Gasteiger partial charge in [0.2, 0.25) is 0 Å². The molecule has 5 aromatic rings. The minimum absolute atomic E-state index is 0.199. The van der Waals surface area contributed by atoms with Gasteiger partial charge in [-0.2, -0.15) is 0 Å². The Bertz CT molecular complexity index is 1540. The standard InChI is InChI=1S/C29H25N7O/c1-37-28-32-16-19(17-33-28)23-18-35-25-8-4-15-31-27(25)36(24-7-3-2-6-22(24)26(35)34-23)21-11-9-20(10-12-21)29(30)13-5-14-29/h2-4,6-12,15-18H,5,13-14,30H2,1H3. The number of benzene rings is 2. The molecule has 182 valence electrons. The Labute approximate surface area is 214 Å². The molecule has 2 aromatic carbocycles. The Balaban J connectivity index is 1.40. The largest absolute Gasteiger partial charge is 0.467 e. The van der Waals surface area contributed by atoms with Crippen LogP contribution in [0.2, 0.25) is 0 Å². The molecule has 4 heterocycles. The van der Waals surface area contributed by atoms with Crippen molar-refractivity contribution in [2.24, 2.45) is 5.73 Å². The van der Waals surface area contributed by atoms with Gasteiger partial charge < -0.3 is 10.5 Å². The molecule has 0 unspecified atom stereocenters. The van der Waals surface area contributed by atoms with Crippen LogP contribution in [0.3, 0.4) is 0 Å². The van der Waals surface area contributed by atoms with Crippen LogP contribution >= 0.6 is 0 Å². The average Bonchev–Trinajstić information content (AvgIpc) is 3.34. The van der Waals surface area contributed by atoms with Gasteiger partial charge in [0.25, 0.3) is 0 Å². The van der Waals surface area contributed by atoms with Crippen molar-refractivity contribution in [3.8, 4) is 34.3 Å². The third-order valence-corrected chi connectivity index (χ3v) is 7.38. The summed E-state index contributed by atoms with van der Waals surface area (Å²) >= 11 is 0. The first-order valence-corrected chi connectivity index (χ1v) is 12.3. The van der Waals surface area contributed by atoms with Gasteiger partial charge in [0.15, 0.2) is 5.82 Å². The molecule has 0 bridgehead atoms. The highest BCUT2D eigenvalue weighted by Gasteiger charge is 2.34. The summed E-state index contributed by atoms with van der Waals surface area (Å²) in [5.41, 5.74) is 13.1. The predicted molar refractivity (Wildman–Crippen MR) is 142 cm³/mol. The van der Waals surface area contributed by atoms with Crippen LogP contribution < -0.4 is 15.4 Å². The number of methoxy groups -OCH3 is 1. The Hall–Kier alpha value is -4.56. The summed E-state index contributed by atoms with van der Waals surface area (Å²) in [4.78, 5) is 20.6. The SMILES string of the molecule is COc1ncc(-c2cn3c(n2)-c2ccccc2N(c2ccc(C4(N)CCC4)cc2)c2ncccc2-3)cn1. The lowest BCUT2D eigenvalue weighted by Crippen LogP contribution is -2.43. The molecule has 3 aromatic heterocycles. The van der Waals surface area contributed by atoms with Crippen LogP contribution in [-0.2, 0) is 5.54 Å². The van der Waals surface area contributed by atoms with E-state index in [1.807, 2.05) is 30.6 Å². The van der Waals surface area contributed by atoms with Crippen LogP contribution in [-0.4, -0.2) is 31.6 Å². The van der Waals surface area contributed by atoms with E-state index in [0.29, 0.717) is 6.01 Å². The van der Waals surface area contributed by atoms with Crippen molar-refractivity contribution >= 4 is 17.2 Å². The number of rotatable bonds is 4. The zero-order valence-electron chi connectivity index (χ0n) is 20.4. The van der Waals surface area contributed by atoms with Gasteiger partial charge in [-0.25, -0.2) is 19.9 Å². The van der Waals surface area contributed by atoms with Crippen LogP contribution in [0.5, 0.6) is 6.01 Å². The van der Waals surface area contributed by atoms with Gasteiger partial charge in [-0.3, -0.25) is 9.47 Å². The summed E-state index contributed by atoms with van der Waals surface area (Å²) in [7, 11) is 1.55. The molecule has 2 aliphatic rings. The minimum atomic E-state index is -0.199. The Morgan fingerprint density at radius 2 is 1.65 bits per heavy atom. The molecule has 1 aliphatic heterocycles. The number of pyridine rings is 1. The maximum absolute atomic E-state index is 6.60. The molecular weight excluding hydrogens is 462 g/mol. The van der Waals surface area contributed by atoms with E-state index in [4.69, 9.17) is 20.4 Å².